The third-order valence-electron chi connectivity index (χ3n) is 3.05. The molecule has 0 saturated carbocycles. The SMILES string of the molecule is C[SiH](C)c1cccc(-c2ccccc2)c1CCl. The van der Waals surface area contributed by atoms with Crippen LogP contribution in [0.25, 0.3) is 11.1 Å². The molecular formula is C15H17ClSi. The Morgan fingerprint density at radius 2 is 1.65 bits per heavy atom. The van der Waals surface area contributed by atoms with Crippen LogP contribution >= 0.6 is 11.6 Å². The second-order valence-electron chi connectivity index (χ2n) is 4.53. The van der Waals surface area contributed by atoms with Crippen LogP contribution in [0, 0.1) is 0 Å². The number of hydrogen-bond acceptors (Lipinski definition) is 0. The van der Waals surface area contributed by atoms with Crippen LogP contribution in [-0.4, -0.2) is 8.80 Å². The van der Waals surface area contributed by atoms with Crippen molar-refractivity contribution in [3.8, 4) is 11.1 Å². The Balaban J connectivity index is 2.59. The van der Waals surface area contributed by atoms with Crippen molar-refractivity contribution >= 4 is 25.6 Å². The molecule has 0 unspecified atom stereocenters. The van der Waals surface area contributed by atoms with Crippen molar-refractivity contribution in [2.75, 3.05) is 0 Å². The highest BCUT2D eigenvalue weighted by Crippen LogP contribution is 2.23. The zero-order valence-electron chi connectivity index (χ0n) is 10.3. The van der Waals surface area contributed by atoms with Gasteiger partial charge in [0.05, 0.1) is 8.80 Å². The molecule has 0 nitrogen and oxygen atoms in total. The van der Waals surface area contributed by atoms with E-state index in [9.17, 15) is 0 Å². The summed E-state index contributed by atoms with van der Waals surface area (Å²) in [5.41, 5.74) is 3.88. The van der Waals surface area contributed by atoms with E-state index in [0.29, 0.717) is 5.88 Å². The second kappa shape index (κ2) is 5.52. The molecule has 0 spiro atoms. The Labute approximate surface area is 110 Å². The van der Waals surface area contributed by atoms with Crippen LogP contribution in [0.1, 0.15) is 5.56 Å². The first-order valence-electron chi connectivity index (χ1n) is 5.97. The number of rotatable bonds is 3. The molecule has 0 bridgehead atoms. The predicted octanol–water partition coefficient (Wildman–Crippen LogP) is 3.79. The van der Waals surface area contributed by atoms with E-state index in [0.717, 1.165) is 0 Å². The van der Waals surface area contributed by atoms with Gasteiger partial charge in [-0.2, -0.15) is 0 Å². The molecule has 0 saturated heterocycles. The third kappa shape index (κ3) is 2.62. The van der Waals surface area contributed by atoms with Crippen molar-refractivity contribution in [1.29, 1.82) is 0 Å². The number of hydrogen-bond donors (Lipinski definition) is 0. The maximum absolute atomic E-state index is 6.15. The van der Waals surface area contributed by atoms with Crippen LogP contribution in [-0.2, 0) is 5.88 Å². The van der Waals surface area contributed by atoms with Gasteiger partial charge in [0.15, 0.2) is 0 Å². The normalized spacial score (nSPS) is 10.8. The fourth-order valence-corrected chi connectivity index (χ4v) is 4.06. The maximum atomic E-state index is 6.15. The number of benzene rings is 2. The molecule has 0 atom stereocenters. The first-order valence-corrected chi connectivity index (χ1v) is 9.39. The highest BCUT2D eigenvalue weighted by Gasteiger charge is 2.11. The van der Waals surface area contributed by atoms with Crippen molar-refractivity contribution in [2.24, 2.45) is 0 Å². The van der Waals surface area contributed by atoms with Gasteiger partial charge in [0.25, 0.3) is 0 Å². The minimum Gasteiger partial charge on any atom is -0.122 e. The first kappa shape index (κ1) is 12.4. The number of alkyl halides is 1. The molecule has 0 N–H and O–H groups in total. The van der Waals surface area contributed by atoms with Gasteiger partial charge in [-0.05, 0) is 16.7 Å². The van der Waals surface area contributed by atoms with E-state index < -0.39 is 8.80 Å². The molecule has 2 rings (SSSR count). The highest BCUT2D eigenvalue weighted by molar-refractivity contribution is 6.71. The lowest BCUT2D eigenvalue weighted by atomic mass is 10.0. The molecule has 0 heterocycles. The average molecular weight is 261 g/mol. The Hall–Kier alpha value is -1.05. The van der Waals surface area contributed by atoms with Gasteiger partial charge in [-0.25, -0.2) is 0 Å². The predicted molar refractivity (Wildman–Crippen MR) is 79.9 cm³/mol. The minimum atomic E-state index is -0.822. The summed E-state index contributed by atoms with van der Waals surface area (Å²) in [6.45, 7) is 4.69. The van der Waals surface area contributed by atoms with Gasteiger partial charge in [-0.3, -0.25) is 0 Å². The van der Waals surface area contributed by atoms with Gasteiger partial charge >= 0.3 is 0 Å². The lowest BCUT2D eigenvalue weighted by Crippen LogP contribution is -2.26. The van der Waals surface area contributed by atoms with E-state index in [1.54, 1.807) is 0 Å². The van der Waals surface area contributed by atoms with Crippen molar-refractivity contribution in [1.82, 2.24) is 0 Å². The van der Waals surface area contributed by atoms with E-state index >= 15 is 0 Å². The quantitative estimate of drug-likeness (QED) is 0.582. The average Bonchev–Trinajstić information content (AvgIpc) is 2.38. The molecular weight excluding hydrogens is 244 g/mol. The van der Waals surface area contributed by atoms with E-state index in [2.05, 4.69) is 55.6 Å². The molecule has 2 aromatic rings. The van der Waals surface area contributed by atoms with Crippen LogP contribution in [0.4, 0.5) is 0 Å². The number of halogens is 1. The Bertz CT molecular complexity index is 492. The second-order valence-corrected chi connectivity index (χ2v) is 7.73. The Kier molecular flexibility index (Phi) is 4.03. The topological polar surface area (TPSA) is 0 Å². The van der Waals surface area contributed by atoms with Crippen LogP contribution in [0.3, 0.4) is 0 Å². The van der Waals surface area contributed by atoms with Crippen molar-refractivity contribution in [3.05, 3.63) is 54.1 Å². The van der Waals surface area contributed by atoms with Gasteiger partial charge in [-0.15, -0.1) is 11.6 Å². The summed E-state index contributed by atoms with van der Waals surface area (Å²) in [5.74, 6) is 0.603. The molecule has 0 aliphatic heterocycles. The maximum Gasteiger partial charge on any atom is 0.0651 e. The molecule has 2 aromatic carbocycles. The largest absolute Gasteiger partial charge is 0.122 e. The fraction of sp³-hybridized carbons (Fsp3) is 0.200. The molecule has 0 amide bonds. The van der Waals surface area contributed by atoms with Crippen LogP contribution in [0.15, 0.2) is 48.5 Å². The van der Waals surface area contributed by atoms with Crippen LogP contribution in [0.5, 0.6) is 0 Å². The lowest BCUT2D eigenvalue weighted by Gasteiger charge is -2.15. The zero-order chi connectivity index (χ0) is 12.3. The van der Waals surface area contributed by atoms with Gasteiger partial charge in [0.1, 0.15) is 0 Å². The molecule has 2 heteroatoms. The monoisotopic (exact) mass is 260 g/mol. The Morgan fingerprint density at radius 3 is 2.24 bits per heavy atom. The molecule has 17 heavy (non-hydrogen) atoms. The molecule has 88 valence electrons. The van der Waals surface area contributed by atoms with E-state index in [-0.39, 0.29) is 0 Å². The highest BCUT2D eigenvalue weighted by atomic mass is 35.5. The van der Waals surface area contributed by atoms with Crippen molar-refractivity contribution in [2.45, 2.75) is 19.0 Å². The summed E-state index contributed by atoms with van der Waals surface area (Å²) in [7, 11) is -0.822. The minimum absolute atomic E-state index is 0.603. The third-order valence-corrected chi connectivity index (χ3v) is 5.10. The van der Waals surface area contributed by atoms with Crippen LogP contribution < -0.4 is 5.19 Å². The first-order chi connectivity index (χ1) is 8.24. The lowest BCUT2D eigenvalue weighted by molar-refractivity contribution is 1.42. The summed E-state index contributed by atoms with van der Waals surface area (Å²) in [6, 6.07) is 17.1. The summed E-state index contributed by atoms with van der Waals surface area (Å²) in [6.07, 6.45) is 0. The summed E-state index contributed by atoms with van der Waals surface area (Å²) in [4.78, 5) is 0. The standard InChI is InChI=1S/C15H17ClSi/c1-17(2)15-10-6-9-13(14(15)11-16)12-7-4-3-5-8-12/h3-10,17H,11H2,1-2H3. The van der Waals surface area contributed by atoms with Crippen molar-refractivity contribution in [3.63, 3.8) is 0 Å². The van der Waals surface area contributed by atoms with E-state index in [1.807, 2.05) is 6.07 Å². The zero-order valence-corrected chi connectivity index (χ0v) is 12.2. The van der Waals surface area contributed by atoms with Crippen LogP contribution in [0.2, 0.25) is 13.1 Å². The summed E-state index contributed by atoms with van der Waals surface area (Å²) >= 11 is 6.15. The van der Waals surface area contributed by atoms with Gasteiger partial charge in [-0.1, -0.05) is 66.8 Å². The fourth-order valence-electron chi connectivity index (χ4n) is 2.18. The summed E-state index contributed by atoms with van der Waals surface area (Å²) < 4.78 is 0. The Morgan fingerprint density at radius 1 is 0.941 bits per heavy atom. The van der Waals surface area contributed by atoms with Gasteiger partial charge < -0.3 is 0 Å². The smallest absolute Gasteiger partial charge is 0.0651 e. The van der Waals surface area contributed by atoms with E-state index in [1.165, 1.54) is 21.9 Å². The van der Waals surface area contributed by atoms with Gasteiger partial charge in [0.2, 0.25) is 0 Å². The molecule has 0 radical (unpaired) electrons. The molecule has 0 fully saturated rings. The molecule has 0 aliphatic carbocycles. The van der Waals surface area contributed by atoms with E-state index in [4.69, 9.17) is 11.6 Å². The van der Waals surface area contributed by atoms with Crippen molar-refractivity contribution < 1.29 is 0 Å². The molecule has 0 aromatic heterocycles. The molecule has 0 aliphatic rings. The van der Waals surface area contributed by atoms with Gasteiger partial charge in [0, 0.05) is 5.88 Å². The summed E-state index contributed by atoms with van der Waals surface area (Å²) in [5, 5.41) is 1.49.